The van der Waals surface area contributed by atoms with Gasteiger partial charge in [-0.05, 0) is 32.3 Å². The molecule has 3 heteroatoms. The number of nitrogens with zero attached hydrogens (tertiary/aromatic N) is 2. The van der Waals surface area contributed by atoms with Gasteiger partial charge in [0, 0.05) is 0 Å². The number of methoxy groups -OCH3 is 1. The van der Waals surface area contributed by atoms with Crippen LogP contribution in [0.25, 0.3) is 0 Å². The van der Waals surface area contributed by atoms with Gasteiger partial charge in [0.05, 0.1) is 18.7 Å². The summed E-state index contributed by atoms with van der Waals surface area (Å²) in [6.07, 6.45) is 4.13. The Labute approximate surface area is 99.2 Å². The standard InChI is InChI=1S/C13H24N2O/c1-12(2,3)10-8-9-11(16-7)14-15(10)13(4,5)6/h8-10H,1-7H3. The highest BCUT2D eigenvalue weighted by Crippen LogP contribution is 2.32. The van der Waals surface area contributed by atoms with E-state index in [1.54, 1.807) is 7.11 Å². The summed E-state index contributed by atoms with van der Waals surface area (Å²) in [4.78, 5) is 0. The lowest BCUT2D eigenvalue weighted by Crippen LogP contribution is -2.51. The van der Waals surface area contributed by atoms with Crippen LogP contribution in [0, 0.1) is 5.41 Å². The van der Waals surface area contributed by atoms with Crippen molar-refractivity contribution in [1.29, 1.82) is 0 Å². The van der Waals surface area contributed by atoms with Crippen LogP contribution in [0.3, 0.4) is 0 Å². The summed E-state index contributed by atoms with van der Waals surface area (Å²) in [5.41, 5.74) is 0.152. The summed E-state index contributed by atoms with van der Waals surface area (Å²) in [5.74, 6) is 0.676. The normalized spacial score (nSPS) is 22.1. The first-order valence-electron chi connectivity index (χ1n) is 5.76. The van der Waals surface area contributed by atoms with Crippen molar-refractivity contribution < 1.29 is 4.74 Å². The van der Waals surface area contributed by atoms with Gasteiger partial charge in [-0.1, -0.05) is 26.8 Å². The monoisotopic (exact) mass is 224 g/mol. The Morgan fingerprint density at radius 3 is 2.12 bits per heavy atom. The molecule has 1 aliphatic rings. The maximum absolute atomic E-state index is 5.20. The average Bonchev–Trinajstić information content (AvgIpc) is 2.14. The highest BCUT2D eigenvalue weighted by molar-refractivity contribution is 5.88. The second-order valence-corrected chi connectivity index (χ2v) is 6.33. The molecule has 1 atom stereocenters. The summed E-state index contributed by atoms with van der Waals surface area (Å²) >= 11 is 0. The Balaban J connectivity index is 3.05. The fourth-order valence-corrected chi connectivity index (χ4v) is 1.79. The van der Waals surface area contributed by atoms with Gasteiger partial charge in [0.1, 0.15) is 0 Å². The molecule has 0 amide bonds. The van der Waals surface area contributed by atoms with Crippen molar-refractivity contribution in [2.75, 3.05) is 7.11 Å². The van der Waals surface area contributed by atoms with Gasteiger partial charge in [0.2, 0.25) is 5.90 Å². The molecule has 92 valence electrons. The van der Waals surface area contributed by atoms with Crippen LogP contribution >= 0.6 is 0 Å². The third-order valence-electron chi connectivity index (χ3n) is 2.67. The average molecular weight is 224 g/mol. The van der Waals surface area contributed by atoms with Crippen LogP contribution in [0.1, 0.15) is 41.5 Å². The molecule has 1 heterocycles. The van der Waals surface area contributed by atoms with E-state index in [9.17, 15) is 0 Å². The molecule has 0 aliphatic carbocycles. The molecule has 16 heavy (non-hydrogen) atoms. The van der Waals surface area contributed by atoms with E-state index >= 15 is 0 Å². The molecular weight excluding hydrogens is 200 g/mol. The Bertz CT molecular complexity index is 305. The summed E-state index contributed by atoms with van der Waals surface area (Å²) in [7, 11) is 1.65. The number of hydrogen-bond acceptors (Lipinski definition) is 3. The lowest BCUT2D eigenvalue weighted by Gasteiger charge is -2.45. The van der Waals surface area contributed by atoms with Gasteiger partial charge in [0.25, 0.3) is 0 Å². The molecule has 0 radical (unpaired) electrons. The maximum Gasteiger partial charge on any atom is 0.230 e. The van der Waals surface area contributed by atoms with Crippen LogP contribution in [-0.4, -0.2) is 29.6 Å². The number of hydrazone groups is 1. The van der Waals surface area contributed by atoms with Gasteiger partial charge in [-0.15, -0.1) is 5.10 Å². The minimum absolute atomic E-state index is 0.00745. The second-order valence-electron chi connectivity index (χ2n) is 6.33. The van der Waals surface area contributed by atoms with E-state index in [1.165, 1.54) is 0 Å². The Kier molecular flexibility index (Phi) is 3.36. The van der Waals surface area contributed by atoms with E-state index < -0.39 is 0 Å². The van der Waals surface area contributed by atoms with Gasteiger partial charge >= 0.3 is 0 Å². The van der Waals surface area contributed by atoms with Crippen LogP contribution in [0.4, 0.5) is 0 Å². The minimum atomic E-state index is -0.00745. The zero-order chi connectivity index (χ0) is 12.6. The summed E-state index contributed by atoms with van der Waals surface area (Å²) in [5, 5.41) is 6.69. The molecular formula is C13H24N2O. The molecule has 0 aromatic heterocycles. The third-order valence-corrected chi connectivity index (χ3v) is 2.67. The fraction of sp³-hybridized carbons (Fsp3) is 0.769. The Morgan fingerprint density at radius 1 is 1.19 bits per heavy atom. The molecule has 1 rings (SSSR count). The zero-order valence-electron chi connectivity index (χ0n) is 11.5. The smallest absolute Gasteiger partial charge is 0.230 e. The molecule has 3 nitrogen and oxygen atoms in total. The van der Waals surface area contributed by atoms with E-state index in [0.29, 0.717) is 11.9 Å². The molecule has 0 spiro atoms. The first-order chi connectivity index (χ1) is 7.16. The van der Waals surface area contributed by atoms with Crippen molar-refractivity contribution in [3.8, 4) is 0 Å². The first kappa shape index (κ1) is 13.1. The lowest BCUT2D eigenvalue weighted by molar-refractivity contribution is 0.0461. The van der Waals surface area contributed by atoms with Gasteiger partial charge in [0.15, 0.2) is 0 Å². The van der Waals surface area contributed by atoms with Gasteiger partial charge < -0.3 is 4.74 Å². The van der Waals surface area contributed by atoms with Crippen molar-refractivity contribution in [3.63, 3.8) is 0 Å². The highest BCUT2D eigenvalue weighted by atomic mass is 16.5. The van der Waals surface area contributed by atoms with E-state index in [1.807, 2.05) is 6.08 Å². The second kappa shape index (κ2) is 4.11. The zero-order valence-corrected chi connectivity index (χ0v) is 11.5. The van der Waals surface area contributed by atoms with Crippen molar-refractivity contribution >= 4 is 5.90 Å². The molecule has 0 saturated carbocycles. The Morgan fingerprint density at radius 2 is 1.75 bits per heavy atom. The van der Waals surface area contributed by atoms with Crippen molar-refractivity contribution in [1.82, 2.24) is 5.01 Å². The predicted octanol–water partition coefficient (Wildman–Crippen LogP) is 3.03. The minimum Gasteiger partial charge on any atom is -0.480 e. The van der Waals surface area contributed by atoms with Crippen LogP contribution < -0.4 is 0 Å². The van der Waals surface area contributed by atoms with Crippen LogP contribution in [0.5, 0.6) is 0 Å². The van der Waals surface area contributed by atoms with Crippen LogP contribution in [0.2, 0.25) is 0 Å². The SMILES string of the molecule is COC1=NN(C(C)(C)C)C(C(C)(C)C)C=C1. The molecule has 0 fully saturated rings. The van der Waals surface area contributed by atoms with Crippen LogP contribution in [-0.2, 0) is 4.74 Å². The molecule has 0 saturated heterocycles. The summed E-state index contributed by atoms with van der Waals surface area (Å²) < 4.78 is 5.20. The lowest BCUT2D eigenvalue weighted by atomic mass is 9.84. The topological polar surface area (TPSA) is 24.8 Å². The maximum atomic E-state index is 5.20. The molecule has 0 aromatic rings. The number of hydrogen-bond donors (Lipinski definition) is 0. The predicted molar refractivity (Wildman–Crippen MR) is 68.4 cm³/mol. The summed E-state index contributed by atoms with van der Waals surface area (Å²) in [6, 6.07) is 0.298. The number of rotatable bonds is 0. The largest absolute Gasteiger partial charge is 0.480 e. The van der Waals surface area contributed by atoms with Crippen molar-refractivity contribution in [2.45, 2.75) is 53.1 Å². The molecule has 1 aliphatic heterocycles. The molecule has 0 bridgehead atoms. The van der Waals surface area contributed by atoms with E-state index in [2.05, 4.69) is 57.7 Å². The van der Waals surface area contributed by atoms with E-state index in [-0.39, 0.29) is 11.0 Å². The molecule has 0 aromatic carbocycles. The van der Waals surface area contributed by atoms with Gasteiger partial charge in [-0.2, -0.15) is 0 Å². The Hall–Kier alpha value is -0.990. The first-order valence-corrected chi connectivity index (χ1v) is 5.76. The van der Waals surface area contributed by atoms with Gasteiger partial charge in [-0.25, -0.2) is 0 Å². The highest BCUT2D eigenvalue weighted by Gasteiger charge is 2.36. The van der Waals surface area contributed by atoms with Crippen LogP contribution in [0.15, 0.2) is 17.3 Å². The van der Waals surface area contributed by atoms with Crippen molar-refractivity contribution in [2.24, 2.45) is 10.5 Å². The van der Waals surface area contributed by atoms with Gasteiger partial charge in [-0.3, -0.25) is 5.01 Å². The molecule has 1 unspecified atom stereocenters. The molecule has 0 N–H and O–H groups in total. The van der Waals surface area contributed by atoms with E-state index in [4.69, 9.17) is 4.74 Å². The van der Waals surface area contributed by atoms with E-state index in [0.717, 1.165) is 0 Å². The third kappa shape index (κ3) is 2.77. The number of ether oxygens (including phenoxy) is 1. The fourth-order valence-electron chi connectivity index (χ4n) is 1.79. The quantitative estimate of drug-likeness (QED) is 0.632. The summed E-state index contributed by atoms with van der Waals surface area (Å²) in [6.45, 7) is 13.2. The van der Waals surface area contributed by atoms with Crippen molar-refractivity contribution in [3.05, 3.63) is 12.2 Å².